The van der Waals surface area contributed by atoms with Gasteiger partial charge in [0.15, 0.2) is 0 Å². The lowest BCUT2D eigenvalue weighted by molar-refractivity contribution is -0.0627. The van der Waals surface area contributed by atoms with Crippen molar-refractivity contribution >= 4 is 5.91 Å². The Balaban J connectivity index is 1.97. The standard InChI is InChI=1S/C19H17FN2O3/c1-19(2)17(23)16(14-9-11(10-21)3-8-15(14)25-19)22-18(24)12-4-6-13(20)7-5-12/h3-9,16-17,23H,1-2H3,(H,22,24)/t16-,17+/m1/s1. The number of amides is 1. The highest BCUT2D eigenvalue weighted by molar-refractivity contribution is 5.94. The zero-order valence-corrected chi connectivity index (χ0v) is 13.8. The summed E-state index contributed by atoms with van der Waals surface area (Å²) in [6.07, 6.45) is -1.03. The summed E-state index contributed by atoms with van der Waals surface area (Å²) in [5, 5.41) is 22.5. The van der Waals surface area contributed by atoms with Gasteiger partial charge in [-0.1, -0.05) is 0 Å². The number of ether oxygens (including phenoxy) is 1. The summed E-state index contributed by atoms with van der Waals surface area (Å²) in [5.74, 6) is -0.387. The molecule has 0 aliphatic carbocycles. The number of hydrogen-bond donors (Lipinski definition) is 2. The number of fused-ring (bicyclic) bond motifs is 1. The fourth-order valence-corrected chi connectivity index (χ4v) is 2.85. The summed E-state index contributed by atoms with van der Waals surface area (Å²) in [6.45, 7) is 3.44. The summed E-state index contributed by atoms with van der Waals surface area (Å²) >= 11 is 0. The summed E-state index contributed by atoms with van der Waals surface area (Å²) in [6, 6.07) is 11.3. The Bertz CT molecular complexity index is 856. The van der Waals surface area contributed by atoms with Crippen LogP contribution in [0.3, 0.4) is 0 Å². The minimum absolute atomic E-state index is 0.274. The van der Waals surface area contributed by atoms with Crippen LogP contribution in [0.1, 0.15) is 41.4 Å². The molecule has 0 radical (unpaired) electrons. The van der Waals surface area contributed by atoms with Crippen LogP contribution in [0.25, 0.3) is 0 Å². The molecule has 1 amide bonds. The normalized spacial score (nSPS) is 20.8. The van der Waals surface area contributed by atoms with Crippen molar-refractivity contribution in [2.75, 3.05) is 0 Å². The molecular weight excluding hydrogens is 323 g/mol. The van der Waals surface area contributed by atoms with Crippen LogP contribution >= 0.6 is 0 Å². The molecule has 6 heteroatoms. The second-order valence-electron chi connectivity index (χ2n) is 6.47. The number of aliphatic hydroxyl groups excluding tert-OH is 1. The topological polar surface area (TPSA) is 82.3 Å². The highest BCUT2D eigenvalue weighted by Gasteiger charge is 2.43. The molecule has 0 bridgehead atoms. The van der Waals surface area contributed by atoms with Crippen LogP contribution in [0, 0.1) is 17.1 Å². The second-order valence-corrected chi connectivity index (χ2v) is 6.47. The van der Waals surface area contributed by atoms with Crippen molar-refractivity contribution in [2.24, 2.45) is 0 Å². The number of hydrogen-bond acceptors (Lipinski definition) is 4. The maximum absolute atomic E-state index is 13.0. The van der Waals surface area contributed by atoms with Crippen LogP contribution in [0.15, 0.2) is 42.5 Å². The van der Waals surface area contributed by atoms with E-state index in [0.717, 1.165) is 0 Å². The van der Waals surface area contributed by atoms with Gasteiger partial charge in [-0.3, -0.25) is 4.79 Å². The van der Waals surface area contributed by atoms with E-state index in [-0.39, 0.29) is 5.56 Å². The molecule has 2 aromatic rings. The number of nitriles is 1. The lowest BCUT2D eigenvalue weighted by atomic mass is 9.85. The molecule has 0 fully saturated rings. The molecule has 2 atom stereocenters. The third-order valence-corrected chi connectivity index (χ3v) is 4.27. The van der Waals surface area contributed by atoms with Gasteiger partial charge in [-0.2, -0.15) is 5.26 Å². The van der Waals surface area contributed by atoms with Gasteiger partial charge in [0.05, 0.1) is 17.7 Å². The first-order valence-electron chi connectivity index (χ1n) is 7.79. The van der Waals surface area contributed by atoms with Crippen molar-refractivity contribution < 1.29 is 19.0 Å². The Morgan fingerprint density at radius 1 is 1.28 bits per heavy atom. The molecule has 1 heterocycles. The fraction of sp³-hybridized carbons (Fsp3) is 0.263. The van der Waals surface area contributed by atoms with Crippen LogP contribution < -0.4 is 10.1 Å². The van der Waals surface area contributed by atoms with Crippen LogP contribution in [-0.4, -0.2) is 22.7 Å². The third-order valence-electron chi connectivity index (χ3n) is 4.27. The number of benzene rings is 2. The van der Waals surface area contributed by atoms with E-state index in [1.165, 1.54) is 24.3 Å². The Labute approximate surface area is 144 Å². The van der Waals surface area contributed by atoms with E-state index in [2.05, 4.69) is 5.32 Å². The first kappa shape index (κ1) is 16.9. The van der Waals surface area contributed by atoms with Crippen LogP contribution in [-0.2, 0) is 0 Å². The van der Waals surface area contributed by atoms with Gasteiger partial charge in [-0.15, -0.1) is 0 Å². The smallest absolute Gasteiger partial charge is 0.251 e. The predicted octanol–water partition coefficient (Wildman–Crippen LogP) is 2.70. The van der Waals surface area contributed by atoms with Gasteiger partial charge in [0.25, 0.3) is 5.91 Å². The van der Waals surface area contributed by atoms with Crippen LogP contribution in [0.5, 0.6) is 5.75 Å². The largest absolute Gasteiger partial charge is 0.485 e. The highest BCUT2D eigenvalue weighted by atomic mass is 19.1. The van der Waals surface area contributed by atoms with Gasteiger partial charge in [0, 0.05) is 11.1 Å². The van der Waals surface area contributed by atoms with E-state index in [1.807, 2.05) is 6.07 Å². The van der Waals surface area contributed by atoms with Crippen molar-refractivity contribution in [3.8, 4) is 11.8 Å². The SMILES string of the molecule is CC1(C)Oc2ccc(C#N)cc2[C@@H](NC(=O)c2ccc(F)cc2)[C@@H]1O. The molecule has 1 aliphatic heterocycles. The van der Waals surface area contributed by atoms with Gasteiger partial charge in [0.1, 0.15) is 23.3 Å². The Morgan fingerprint density at radius 2 is 1.96 bits per heavy atom. The van der Waals surface area contributed by atoms with Gasteiger partial charge in [-0.05, 0) is 56.3 Å². The number of halogens is 1. The molecule has 1 aliphatic rings. The first-order valence-corrected chi connectivity index (χ1v) is 7.79. The highest BCUT2D eigenvalue weighted by Crippen LogP contribution is 2.40. The predicted molar refractivity (Wildman–Crippen MR) is 88.5 cm³/mol. The monoisotopic (exact) mass is 340 g/mol. The van der Waals surface area contributed by atoms with Crippen LogP contribution in [0.4, 0.5) is 4.39 Å². The van der Waals surface area contributed by atoms with E-state index in [1.54, 1.807) is 32.0 Å². The molecule has 0 saturated heterocycles. The van der Waals surface area contributed by atoms with Crippen molar-refractivity contribution in [1.29, 1.82) is 5.26 Å². The van der Waals surface area contributed by atoms with E-state index in [9.17, 15) is 14.3 Å². The lowest BCUT2D eigenvalue weighted by Gasteiger charge is -2.42. The summed E-state index contributed by atoms with van der Waals surface area (Å²) in [5.41, 5.74) is 0.273. The molecule has 25 heavy (non-hydrogen) atoms. The summed E-state index contributed by atoms with van der Waals surface area (Å²) < 4.78 is 18.8. The molecule has 2 aromatic carbocycles. The second kappa shape index (κ2) is 6.19. The molecule has 3 rings (SSSR count). The average Bonchev–Trinajstić information content (AvgIpc) is 2.59. The summed E-state index contributed by atoms with van der Waals surface area (Å²) in [4.78, 5) is 12.5. The molecule has 128 valence electrons. The van der Waals surface area contributed by atoms with Crippen molar-refractivity contribution in [1.82, 2.24) is 5.32 Å². The van der Waals surface area contributed by atoms with Crippen molar-refractivity contribution in [3.05, 3.63) is 65.0 Å². The Kier molecular flexibility index (Phi) is 4.19. The van der Waals surface area contributed by atoms with Crippen molar-refractivity contribution in [2.45, 2.75) is 31.6 Å². The number of nitrogens with zero attached hydrogens (tertiary/aromatic N) is 1. The molecule has 0 spiro atoms. The summed E-state index contributed by atoms with van der Waals surface area (Å²) in [7, 11) is 0. The maximum atomic E-state index is 13.0. The fourth-order valence-electron chi connectivity index (χ4n) is 2.85. The maximum Gasteiger partial charge on any atom is 0.251 e. The van der Waals surface area contributed by atoms with Gasteiger partial charge < -0.3 is 15.2 Å². The number of carbonyl (C=O) groups excluding carboxylic acids is 1. The minimum Gasteiger partial charge on any atom is -0.485 e. The number of aliphatic hydroxyl groups is 1. The number of rotatable bonds is 2. The third kappa shape index (κ3) is 3.19. The Hall–Kier alpha value is -2.91. The van der Waals surface area contributed by atoms with E-state index in [4.69, 9.17) is 10.00 Å². The quantitative estimate of drug-likeness (QED) is 0.881. The Morgan fingerprint density at radius 3 is 2.60 bits per heavy atom. The molecular formula is C19H17FN2O3. The average molecular weight is 340 g/mol. The molecule has 5 nitrogen and oxygen atoms in total. The molecule has 0 unspecified atom stereocenters. The van der Waals surface area contributed by atoms with Gasteiger partial charge in [0.2, 0.25) is 0 Å². The van der Waals surface area contributed by atoms with Crippen LogP contribution in [0.2, 0.25) is 0 Å². The molecule has 0 saturated carbocycles. The number of carbonyl (C=O) groups is 1. The minimum atomic E-state index is -1.03. The van der Waals surface area contributed by atoms with E-state index >= 15 is 0 Å². The zero-order chi connectivity index (χ0) is 18.2. The molecule has 0 aromatic heterocycles. The van der Waals surface area contributed by atoms with Gasteiger partial charge in [-0.25, -0.2) is 4.39 Å². The lowest BCUT2D eigenvalue weighted by Crippen LogP contribution is -2.53. The van der Waals surface area contributed by atoms with E-state index in [0.29, 0.717) is 16.9 Å². The first-order chi connectivity index (χ1) is 11.8. The molecule has 2 N–H and O–H groups in total. The van der Waals surface area contributed by atoms with E-state index < -0.39 is 29.5 Å². The zero-order valence-electron chi connectivity index (χ0n) is 13.8. The number of nitrogens with one attached hydrogen (secondary N) is 1. The van der Waals surface area contributed by atoms with Crippen molar-refractivity contribution in [3.63, 3.8) is 0 Å². The van der Waals surface area contributed by atoms with Gasteiger partial charge >= 0.3 is 0 Å².